The Morgan fingerprint density at radius 1 is 0.895 bits per heavy atom. The molecule has 0 nitrogen and oxygen atoms in total. The van der Waals surface area contributed by atoms with Crippen molar-refractivity contribution < 1.29 is 0 Å². The fourth-order valence-electron chi connectivity index (χ4n) is 2.42. The lowest BCUT2D eigenvalue weighted by molar-refractivity contribution is 0.906. The van der Waals surface area contributed by atoms with Crippen LogP contribution < -0.4 is 0 Å². The third-order valence-electron chi connectivity index (χ3n) is 3.63. The highest BCUT2D eigenvalue weighted by atomic mass is 32.2. The largest absolute Gasteiger partial charge is 0.122 e. The van der Waals surface area contributed by atoms with Gasteiger partial charge in [0, 0.05) is 10.1 Å². The maximum absolute atomic E-state index is 2.34. The first-order valence-electron chi connectivity index (χ1n) is 6.86. The molecular formula is C18H18S. The summed E-state index contributed by atoms with van der Waals surface area (Å²) in [5.41, 5.74) is 0. The number of benzene rings is 3. The van der Waals surface area contributed by atoms with Crippen LogP contribution in [0.3, 0.4) is 0 Å². The molecule has 0 N–H and O–H groups in total. The molecule has 0 heterocycles. The van der Waals surface area contributed by atoms with E-state index in [9.17, 15) is 0 Å². The van der Waals surface area contributed by atoms with E-state index in [1.54, 1.807) is 0 Å². The summed E-state index contributed by atoms with van der Waals surface area (Å²) in [5.74, 6) is 0. The highest BCUT2D eigenvalue weighted by molar-refractivity contribution is 8.00. The minimum atomic E-state index is 0.657. The molecule has 1 unspecified atom stereocenters. The second-order valence-corrected chi connectivity index (χ2v) is 6.46. The zero-order valence-electron chi connectivity index (χ0n) is 11.4. The van der Waals surface area contributed by atoms with Gasteiger partial charge < -0.3 is 0 Å². The lowest BCUT2D eigenvalue weighted by atomic mass is 10.0. The fraction of sp³-hybridized carbons (Fsp3) is 0.222. The van der Waals surface area contributed by atoms with Gasteiger partial charge in [-0.05, 0) is 34.0 Å². The maximum Gasteiger partial charge on any atom is 0.0160 e. The Hall–Kier alpha value is -1.47. The first kappa shape index (κ1) is 12.6. The van der Waals surface area contributed by atoms with Gasteiger partial charge >= 0.3 is 0 Å². The van der Waals surface area contributed by atoms with Crippen molar-refractivity contribution in [2.24, 2.45) is 0 Å². The van der Waals surface area contributed by atoms with Crippen LogP contribution in [0, 0.1) is 0 Å². The Labute approximate surface area is 118 Å². The molecule has 0 radical (unpaired) electrons. The van der Waals surface area contributed by atoms with Crippen LogP contribution in [-0.4, -0.2) is 5.25 Å². The van der Waals surface area contributed by atoms with E-state index in [4.69, 9.17) is 0 Å². The maximum atomic E-state index is 2.34. The summed E-state index contributed by atoms with van der Waals surface area (Å²) in [4.78, 5) is 1.41. The molecule has 19 heavy (non-hydrogen) atoms. The molecule has 0 aromatic heterocycles. The number of hydrogen-bond donors (Lipinski definition) is 0. The smallest absolute Gasteiger partial charge is 0.0160 e. The minimum Gasteiger partial charge on any atom is -0.122 e. The molecule has 0 aliphatic carbocycles. The van der Waals surface area contributed by atoms with Gasteiger partial charge in [0.25, 0.3) is 0 Å². The van der Waals surface area contributed by atoms with Crippen LogP contribution in [0.25, 0.3) is 21.5 Å². The van der Waals surface area contributed by atoms with Crippen LogP contribution in [0.1, 0.15) is 20.3 Å². The van der Waals surface area contributed by atoms with Gasteiger partial charge in [0.05, 0.1) is 0 Å². The van der Waals surface area contributed by atoms with E-state index in [2.05, 4.69) is 68.4 Å². The highest BCUT2D eigenvalue weighted by Gasteiger charge is 2.09. The molecule has 0 saturated carbocycles. The van der Waals surface area contributed by atoms with Crippen molar-refractivity contribution in [2.45, 2.75) is 30.4 Å². The van der Waals surface area contributed by atoms with Crippen molar-refractivity contribution >= 4 is 33.3 Å². The molecule has 0 amide bonds. The van der Waals surface area contributed by atoms with Crippen molar-refractivity contribution in [1.82, 2.24) is 0 Å². The van der Waals surface area contributed by atoms with Gasteiger partial charge in [-0.3, -0.25) is 0 Å². The first-order valence-corrected chi connectivity index (χ1v) is 7.74. The quantitative estimate of drug-likeness (QED) is 0.421. The highest BCUT2D eigenvalue weighted by Crippen LogP contribution is 2.36. The molecular weight excluding hydrogens is 248 g/mol. The molecule has 0 spiro atoms. The normalized spacial score (nSPS) is 12.9. The number of thioether (sulfide) groups is 1. The number of fused-ring (bicyclic) bond motifs is 3. The average molecular weight is 266 g/mol. The Morgan fingerprint density at radius 3 is 2.26 bits per heavy atom. The van der Waals surface area contributed by atoms with Crippen LogP contribution in [0.5, 0.6) is 0 Å². The standard InChI is InChI=1S/C18H18S/c1-3-13(2)19-18-12-14-8-4-5-9-15(14)16-10-6-7-11-17(16)18/h4-13H,3H2,1-2H3. The van der Waals surface area contributed by atoms with E-state index in [1.807, 2.05) is 11.8 Å². The molecule has 3 aromatic carbocycles. The lowest BCUT2D eigenvalue weighted by Gasteiger charge is -2.13. The minimum absolute atomic E-state index is 0.657. The summed E-state index contributed by atoms with van der Waals surface area (Å²) in [6.07, 6.45) is 1.20. The van der Waals surface area contributed by atoms with E-state index in [1.165, 1.54) is 32.9 Å². The van der Waals surface area contributed by atoms with Gasteiger partial charge in [-0.2, -0.15) is 0 Å². The van der Waals surface area contributed by atoms with Crippen molar-refractivity contribution in [3.8, 4) is 0 Å². The first-order chi connectivity index (χ1) is 9.29. The zero-order chi connectivity index (χ0) is 13.2. The van der Waals surface area contributed by atoms with Gasteiger partial charge in [0.1, 0.15) is 0 Å². The van der Waals surface area contributed by atoms with Gasteiger partial charge in [0.2, 0.25) is 0 Å². The Balaban J connectivity index is 2.29. The third-order valence-corrected chi connectivity index (χ3v) is 4.96. The van der Waals surface area contributed by atoms with Crippen LogP contribution in [0.2, 0.25) is 0 Å². The van der Waals surface area contributed by atoms with Crippen LogP contribution in [0.15, 0.2) is 59.5 Å². The molecule has 0 aliphatic heterocycles. The summed E-state index contributed by atoms with van der Waals surface area (Å²) in [7, 11) is 0. The van der Waals surface area contributed by atoms with E-state index in [0.717, 1.165) is 0 Å². The molecule has 3 aromatic rings. The fourth-order valence-corrected chi connectivity index (χ4v) is 3.52. The topological polar surface area (TPSA) is 0 Å². The van der Waals surface area contributed by atoms with Crippen molar-refractivity contribution in [2.75, 3.05) is 0 Å². The Bertz CT molecular complexity index is 715. The van der Waals surface area contributed by atoms with E-state index in [0.29, 0.717) is 5.25 Å². The molecule has 96 valence electrons. The Kier molecular flexibility index (Phi) is 3.48. The molecule has 0 aliphatic rings. The molecule has 1 heteroatoms. The van der Waals surface area contributed by atoms with Crippen molar-refractivity contribution in [1.29, 1.82) is 0 Å². The Morgan fingerprint density at radius 2 is 1.53 bits per heavy atom. The molecule has 1 atom stereocenters. The average Bonchev–Trinajstić information content (AvgIpc) is 2.47. The zero-order valence-corrected chi connectivity index (χ0v) is 12.2. The van der Waals surface area contributed by atoms with Gasteiger partial charge in [-0.1, -0.05) is 62.4 Å². The van der Waals surface area contributed by atoms with Gasteiger partial charge in [-0.25, -0.2) is 0 Å². The second kappa shape index (κ2) is 5.26. The van der Waals surface area contributed by atoms with E-state index in [-0.39, 0.29) is 0 Å². The molecule has 0 saturated heterocycles. The molecule has 3 rings (SSSR count). The monoisotopic (exact) mass is 266 g/mol. The molecule has 0 fully saturated rings. The summed E-state index contributed by atoms with van der Waals surface area (Å²) >= 11 is 1.99. The van der Waals surface area contributed by atoms with Crippen molar-refractivity contribution in [3.63, 3.8) is 0 Å². The lowest BCUT2D eigenvalue weighted by Crippen LogP contribution is -1.92. The third kappa shape index (κ3) is 2.35. The van der Waals surface area contributed by atoms with E-state index < -0.39 is 0 Å². The van der Waals surface area contributed by atoms with Gasteiger partial charge in [-0.15, -0.1) is 11.8 Å². The predicted molar refractivity (Wildman–Crippen MR) is 87.1 cm³/mol. The van der Waals surface area contributed by atoms with Gasteiger partial charge in [0.15, 0.2) is 0 Å². The number of hydrogen-bond acceptors (Lipinski definition) is 1. The summed E-state index contributed by atoms with van der Waals surface area (Å²) in [6.45, 7) is 4.55. The summed E-state index contributed by atoms with van der Waals surface area (Å²) < 4.78 is 0. The SMILES string of the molecule is CCC(C)Sc1cc2ccccc2c2ccccc12. The van der Waals surface area contributed by atoms with Crippen LogP contribution in [0.4, 0.5) is 0 Å². The molecule has 0 bridgehead atoms. The van der Waals surface area contributed by atoms with Crippen LogP contribution in [-0.2, 0) is 0 Å². The summed E-state index contributed by atoms with van der Waals surface area (Å²) in [5, 5.41) is 6.10. The summed E-state index contributed by atoms with van der Waals surface area (Å²) in [6, 6.07) is 19.8. The van der Waals surface area contributed by atoms with E-state index >= 15 is 0 Å². The number of rotatable bonds is 3. The second-order valence-electron chi connectivity index (χ2n) is 4.98. The van der Waals surface area contributed by atoms with Crippen molar-refractivity contribution in [3.05, 3.63) is 54.6 Å². The van der Waals surface area contributed by atoms with Crippen LogP contribution >= 0.6 is 11.8 Å². The predicted octanol–water partition coefficient (Wildman–Crippen LogP) is 5.88.